The summed E-state index contributed by atoms with van der Waals surface area (Å²) in [5, 5.41) is 1.82. The summed E-state index contributed by atoms with van der Waals surface area (Å²) >= 11 is 0.795. The highest BCUT2D eigenvalue weighted by Gasteiger charge is 2.33. The minimum Gasteiger partial charge on any atom is -0.467 e. The van der Waals surface area contributed by atoms with E-state index >= 15 is 0 Å². The number of nitrogens with zero attached hydrogens (tertiary/aromatic N) is 5. The lowest BCUT2D eigenvalue weighted by Crippen LogP contribution is -2.36. The Hall–Kier alpha value is -2.95. The minimum absolute atomic E-state index is 0.135. The molecule has 0 aliphatic carbocycles. The van der Waals surface area contributed by atoms with Crippen molar-refractivity contribution in [3.05, 3.63) is 12.2 Å². The zero-order chi connectivity index (χ0) is 22.5. The quantitative estimate of drug-likeness (QED) is 0.442. The van der Waals surface area contributed by atoms with Crippen molar-refractivity contribution < 1.29 is 35.9 Å². The number of carbonyl (C=O) groups excluding carboxylic acids is 1. The average Bonchev–Trinajstić information content (AvgIpc) is 2.64. The Morgan fingerprint density at radius 2 is 1.93 bits per heavy atom. The molecule has 0 aromatic carbocycles. The highest BCUT2D eigenvalue weighted by Crippen LogP contribution is 2.30. The minimum atomic E-state index is -4.75. The van der Waals surface area contributed by atoms with Crippen molar-refractivity contribution in [2.45, 2.75) is 23.0 Å². The van der Waals surface area contributed by atoms with Crippen molar-refractivity contribution >= 4 is 33.8 Å². The maximum absolute atomic E-state index is 12.6. The number of amides is 2. The third kappa shape index (κ3) is 6.28. The molecule has 164 valence electrons. The van der Waals surface area contributed by atoms with Gasteiger partial charge in [0.25, 0.3) is 10.0 Å². The number of urea groups is 1. The van der Waals surface area contributed by atoms with Crippen molar-refractivity contribution in [3.63, 3.8) is 0 Å². The molecule has 0 aliphatic heterocycles. The van der Waals surface area contributed by atoms with Gasteiger partial charge in [-0.15, -0.1) is 11.8 Å². The van der Waals surface area contributed by atoms with Gasteiger partial charge in [-0.05, 0) is 13.2 Å². The Morgan fingerprint density at radius 3 is 2.53 bits per heavy atom. The van der Waals surface area contributed by atoms with Gasteiger partial charge in [0.2, 0.25) is 11.8 Å². The summed E-state index contributed by atoms with van der Waals surface area (Å²) in [7, 11) is -3.48. The van der Waals surface area contributed by atoms with Crippen molar-refractivity contribution in [3.8, 4) is 11.9 Å². The fourth-order valence-electron chi connectivity index (χ4n) is 1.88. The summed E-state index contributed by atoms with van der Waals surface area (Å²) in [5.74, 6) is -1.02. The first kappa shape index (κ1) is 23.3. The van der Waals surface area contributed by atoms with Gasteiger partial charge in [-0.2, -0.15) is 28.1 Å². The first-order valence-electron chi connectivity index (χ1n) is 7.64. The van der Waals surface area contributed by atoms with E-state index in [2.05, 4.69) is 35.0 Å². The van der Waals surface area contributed by atoms with Gasteiger partial charge in [0.15, 0.2) is 11.5 Å². The Labute approximate surface area is 172 Å². The molecule has 2 rings (SSSR count). The highest BCUT2D eigenvalue weighted by molar-refractivity contribution is 7.99. The number of rotatable bonds is 7. The lowest BCUT2D eigenvalue weighted by atomic mass is 10.6. The van der Waals surface area contributed by atoms with Gasteiger partial charge in [0.05, 0.1) is 7.11 Å². The second kappa shape index (κ2) is 9.24. The first-order chi connectivity index (χ1) is 13.9. The maximum atomic E-state index is 12.6. The van der Waals surface area contributed by atoms with Crippen LogP contribution in [0.5, 0.6) is 11.9 Å². The SMILES string of the molecule is COc1nc(C)nc(NC(=O)NS(=O)(=O)c2c(OCC(F)(F)F)ncnc2SC)n1. The molecule has 12 nitrogen and oxygen atoms in total. The van der Waals surface area contributed by atoms with Crippen LogP contribution in [-0.2, 0) is 10.0 Å². The number of hydrogen-bond acceptors (Lipinski definition) is 11. The van der Waals surface area contributed by atoms with E-state index in [4.69, 9.17) is 4.74 Å². The van der Waals surface area contributed by atoms with Crippen LogP contribution in [0.25, 0.3) is 0 Å². The second-order valence-electron chi connectivity index (χ2n) is 5.17. The largest absolute Gasteiger partial charge is 0.467 e. The molecule has 0 bridgehead atoms. The van der Waals surface area contributed by atoms with Crippen LogP contribution in [-0.4, -0.2) is 65.5 Å². The second-order valence-corrected chi connectivity index (χ2v) is 7.59. The fourth-order valence-corrected chi connectivity index (χ4v) is 3.90. The van der Waals surface area contributed by atoms with E-state index in [0.717, 1.165) is 18.1 Å². The predicted molar refractivity (Wildman–Crippen MR) is 95.8 cm³/mol. The number of aryl methyl sites for hydroxylation is 1. The van der Waals surface area contributed by atoms with Gasteiger partial charge in [-0.3, -0.25) is 5.32 Å². The van der Waals surface area contributed by atoms with E-state index in [1.54, 1.807) is 4.72 Å². The van der Waals surface area contributed by atoms with E-state index in [9.17, 15) is 26.4 Å². The molecule has 30 heavy (non-hydrogen) atoms. The van der Waals surface area contributed by atoms with E-state index < -0.39 is 39.6 Å². The molecule has 0 saturated heterocycles. The van der Waals surface area contributed by atoms with Crippen molar-refractivity contribution in [2.24, 2.45) is 0 Å². The number of sulfonamides is 1. The summed E-state index contributed by atoms with van der Waals surface area (Å²) in [6.45, 7) is -0.323. The molecule has 0 spiro atoms. The molecule has 17 heteroatoms. The number of nitrogens with one attached hydrogen (secondary N) is 2. The molecule has 0 atom stereocenters. The maximum Gasteiger partial charge on any atom is 0.422 e. The molecule has 2 N–H and O–H groups in total. The highest BCUT2D eigenvalue weighted by atomic mass is 32.2. The number of methoxy groups -OCH3 is 1. The van der Waals surface area contributed by atoms with E-state index in [0.29, 0.717) is 0 Å². The van der Waals surface area contributed by atoms with Gasteiger partial charge < -0.3 is 9.47 Å². The molecule has 0 unspecified atom stereocenters. The van der Waals surface area contributed by atoms with Crippen molar-refractivity contribution in [1.29, 1.82) is 0 Å². The Balaban J connectivity index is 2.30. The number of alkyl halides is 3. The number of aromatic nitrogens is 5. The molecular formula is C13H14F3N7O5S2. The standard InChI is InChI=1S/C13H14F3N7O5S2/c1-6-19-10(22-12(20-6)27-2)21-11(24)23-30(25,26)7-8(28-4-13(14,15)16)17-5-18-9(7)29-3/h5H,4H2,1-3H3,(H2,19,20,21,22,23,24). The predicted octanol–water partition coefficient (Wildman–Crippen LogP) is 1.15. The van der Waals surface area contributed by atoms with Gasteiger partial charge in [-0.25, -0.2) is 27.9 Å². The molecule has 0 radical (unpaired) electrons. The third-order valence-corrected chi connectivity index (χ3v) is 5.12. The number of carbonyl (C=O) groups is 1. The Bertz CT molecular complexity index is 1040. The van der Waals surface area contributed by atoms with Gasteiger partial charge in [-0.1, -0.05) is 0 Å². The third-order valence-electron chi connectivity index (χ3n) is 2.93. The molecule has 2 heterocycles. The lowest BCUT2D eigenvalue weighted by Gasteiger charge is -2.14. The van der Waals surface area contributed by atoms with Crippen molar-refractivity contribution in [1.82, 2.24) is 29.6 Å². The number of halogens is 3. The molecule has 2 aromatic heterocycles. The molecule has 2 amide bonds. The smallest absolute Gasteiger partial charge is 0.422 e. The summed E-state index contributed by atoms with van der Waals surface area (Å²) < 4.78 is 73.6. The van der Waals surface area contributed by atoms with E-state index in [1.165, 1.54) is 20.3 Å². The van der Waals surface area contributed by atoms with Gasteiger partial charge >= 0.3 is 18.2 Å². The summed E-state index contributed by atoms with van der Waals surface area (Å²) in [4.78, 5) is 29.7. The normalized spacial score (nSPS) is 11.7. The van der Waals surface area contributed by atoms with Crippen molar-refractivity contribution in [2.75, 3.05) is 25.3 Å². The average molecular weight is 469 g/mol. The summed E-state index contributed by atoms with van der Waals surface area (Å²) in [6.07, 6.45) is -2.49. The monoisotopic (exact) mass is 469 g/mol. The van der Waals surface area contributed by atoms with Crippen LogP contribution in [0.2, 0.25) is 0 Å². The summed E-state index contributed by atoms with van der Waals surface area (Å²) in [5.41, 5.74) is 0. The molecule has 2 aromatic rings. The van der Waals surface area contributed by atoms with Crippen LogP contribution in [0, 0.1) is 6.92 Å². The Morgan fingerprint density at radius 1 is 1.23 bits per heavy atom. The van der Waals surface area contributed by atoms with Gasteiger partial charge in [0, 0.05) is 0 Å². The molecule has 0 saturated carbocycles. The number of ether oxygens (including phenoxy) is 2. The van der Waals surface area contributed by atoms with E-state index in [1.807, 2.05) is 0 Å². The van der Waals surface area contributed by atoms with Crippen LogP contribution in [0.1, 0.15) is 5.82 Å². The first-order valence-corrected chi connectivity index (χ1v) is 10.3. The van der Waals surface area contributed by atoms with Crippen LogP contribution in [0.4, 0.5) is 23.9 Å². The van der Waals surface area contributed by atoms with E-state index in [-0.39, 0.29) is 22.8 Å². The topological polar surface area (TPSA) is 158 Å². The Kier molecular flexibility index (Phi) is 7.19. The van der Waals surface area contributed by atoms with Crippen LogP contribution < -0.4 is 19.5 Å². The van der Waals surface area contributed by atoms with Crippen LogP contribution in [0.15, 0.2) is 16.2 Å². The summed E-state index contributed by atoms with van der Waals surface area (Å²) in [6, 6.07) is -1.44. The molecule has 0 aliphatic rings. The van der Waals surface area contributed by atoms with Crippen LogP contribution in [0.3, 0.4) is 0 Å². The zero-order valence-electron chi connectivity index (χ0n) is 15.5. The number of thioether (sulfide) groups is 1. The zero-order valence-corrected chi connectivity index (χ0v) is 17.1. The number of anilines is 1. The van der Waals surface area contributed by atoms with Gasteiger partial charge in [0.1, 0.15) is 17.2 Å². The lowest BCUT2D eigenvalue weighted by molar-refractivity contribution is -0.154. The van der Waals surface area contributed by atoms with Crippen LogP contribution >= 0.6 is 11.8 Å². The molecule has 0 fully saturated rings. The number of hydrogen-bond donors (Lipinski definition) is 2. The fraction of sp³-hybridized carbons (Fsp3) is 0.385. The molecular weight excluding hydrogens is 455 g/mol.